The largest absolute Gasteiger partial charge is 0.573 e. The van der Waals surface area contributed by atoms with Gasteiger partial charge in [0.1, 0.15) is 17.7 Å². The lowest BCUT2D eigenvalue weighted by molar-refractivity contribution is -0.274. The highest BCUT2D eigenvalue weighted by Gasteiger charge is 2.31. The third-order valence-corrected chi connectivity index (χ3v) is 4.89. The van der Waals surface area contributed by atoms with E-state index in [1.165, 1.54) is 22.8 Å². The van der Waals surface area contributed by atoms with Crippen molar-refractivity contribution in [2.24, 2.45) is 5.73 Å². The Labute approximate surface area is 168 Å². The lowest BCUT2D eigenvalue weighted by Gasteiger charge is -2.15. The maximum absolute atomic E-state index is 12.6. The lowest BCUT2D eigenvalue weighted by atomic mass is 9.97. The number of carboxylic acids is 1. The van der Waals surface area contributed by atoms with Crippen molar-refractivity contribution in [2.75, 3.05) is 6.61 Å². The van der Waals surface area contributed by atoms with E-state index in [1.807, 2.05) is 0 Å². The van der Waals surface area contributed by atoms with E-state index < -0.39 is 24.3 Å². The Bertz CT molecular complexity index is 1120. The Hall–Kier alpha value is -3.24. The van der Waals surface area contributed by atoms with Gasteiger partial charge in [0.05, 0.1) is 24.2 Å². The third-order valence-electron chi connectivity index (χ3n) is 4.89. The first-order valence-electron chi connectivity index (χ1n) is 8.96. The van der Waals surface area contributed by atoms with Gasteiger partial charge in [0.15, 0.2) is 0 Å². The SMILES string of the molecule is NC(O)c1cc2ccc(OC(F)(F)F)cc2n1-c1ccc2c(c1)C(CC(=O)O)CO2. The Kier molecular flexibility index (Phi) is 4.83. The summed E-state index contributed by atoms with van der Waals surface area (Å²) in [4.78, 5) is 11.1. The van der Waals surface area contributed by atoms with E-state index in [2.05, 4.69) is 4.74 Å². The first kappa shape index (κ1) is 20.0. The predicted octanol–water partition coefficient (Wildman–Crippen LogP) is 3.43. The second kappa shape index (κ2) is 7.22. The van der Waals surface area contributed by atoms with Crippen molar-refractivity contribution in [3.05, 3.63) is 53.7 Å². The molecule has 0 radical (unpaired) electrons. The van der Waals surface area contributed by atoms with Gasteiger partial charge in [-0.2, -0.15) is 0 Å². The summed E-state index contributed by atoms with van der Waals surface area (Å²) in [6.45, 7) is 0.216. The van der Waals surface area contributed by atoms with Crippen molar-refractivity contribution >= 4 is 16.9 Å². The summed E-state index contributed by atoms with van der Waals surface area (Å²) in [6, 6.07) is 10.4. The van der Waals surface area contributed by atoms with Crippen molar-refractivity contribution < 1.29 is 37.7 Å². The Morgan fingerprint density at radius 1 is 1.27 bits per heavy atom. The van der Waals surface area contributed by atoms with Crippen molar-refractivity contribution in [1.82, 2.24) is 4.57 Å². The lowest BCUT2D eigenvalue weighted by Crippen LogP contribution is -2.17. The molecule has 7 nitrogen and oxygen atoms in total. The van der Waals surface area contributed by atoms with Crippen LogP contribution in [0.1, 0.15) is 29.8 Å². The number of carboxylic acid groups (broad SMARTS) is 1. The number of hydrogen-bond donors (Lipinski definition) is 3. The molecule has 0 bridgehead atoms. The quantitative estimate of drug-likeness (QED) is 0.544. The molecule has 30 heavy (non-hydrogen) atoms. The summed E-state index contributed by atoms with van der Waals surface area (Å²) in [6.07, 6.45) is -6.38. The van der Waals surface area contributed by atoms with Crippen LogP contribution < -0.4 is 15.2 Å². The molecule has 4 rings (SSSR count). The van der Waals surface area contributed by atoms with Crippen LogP contribution in [0.3, 0.4) is 0 Å². The van der Waals surface area contributed by atoms with E-state index >= 15 is 0 Å². The zero-order valence-electron chi connectivity index (χ0n) is 15.4. The normalized spacial score (nSPS) is 16.9. The second-order valence-corrected chi connectivity index (χ2v) is 6.95. The standard InChI is InChI=1S/C20H17F3N2O5/c21-20(22,23)30-13-3-1-10-5-16(19(24)28)25(15(10)8-13)12-2-4-17-14(7-12)11(9-29-17)6-18(26)27/h1-5,7-8,11,19,28H,6,9,24H2,(H,26,27). The van der Waals surface area contributed by atoms with E-state index in [1.54, 1.807) is 24.3 Å². The van der Waals surface area contributed by atoms with Gasteiger partial charge in [0, 0.05) is 28.6 Å². The van der Waals surface area contributed by atoms with Gasteiger partial charge in [-0.1, -0.05) is 0 Å². The number of aliphatic hydroxyl groups excluding tert-OH is 1. The van der Waals surface area contributed by atoms with E-state index in [-0.39, 0.29) is 24.6 Å². The van der Waals surface area contributed by atoms with Crippen molar-refractivity contribution in [3.8, 4) is 17.2 Å². The number of hydrogen-bond acceptors (Lipinski definition) is 5. The molecule has 0 saturated heterocycles. The molecular formula is C20H17F3N2O5. The molecule has 0 amide bonds. The molecule has 1 aromatic heterocycles. The first-order valence-corrected chi connectivity index (χ1v) is 8.96. The molecule has 2 heterocycles. The number of ether oxygens (including phenoxy) is 2. The molecule has 1 aliphatic heterocycles. The van der Waals surface area contributed by atoms with Crippen molar-refractivity contribution in [2.45, 2.75) is 24.9 Å². The monoisotopic (exact) mass is 422 g/mol. The summed E-state index contributed by atoms with van der Waals surface area (Å²) in [5.41, 5.74) is 7.43. The Morgan fingerprint density at radius 3 is 2.70 bits per heavy atom. The number of nitrogens with two attached hydrogens (primary N) is 1. The van der Waals surface area contributed by atoms with E-state index in [0.717, 1.165) is 0 Å². The minimum absolute atomic E-state index is 0.126. The summed E-state index contributed by atoms with van der Waals surface area (Å²) in [7, 11) is 0. The van der Waals surface area contributed by atoms with Crippen molar-refractivity contribution in [1.29, 1.82) is 0 Å². The van der Waals surface area contributed by atoms with Gasteiger partial charge in [0.25, 0.3) is 0 Å². The average Bonchev–Trinajstić information content (AvgIpc) is 3.21. The number of aromatic nitrogens is 1. The van der Waals surface area contributed by atoms with Gasteiger partial charge in [-0.05, 0) is 36.4 Å². The highest BCUT2D eigenvalue weighted by molar-refractivity contribution is 5.85. The summed E-state index contributed by atoms with van der Waals surface area (Å²) in [5.74, 6) is -1.21. The maximum atomic E-state index is 12.6. The fourth-order valence-corrected chi connectivity index (χ4v) is 3.69. The van der Waals surface area contributed by atoms with E-state index in [0.29, 0.717) is 27.9 Å². The maximum Gasteiger partial charge on any atom is 0.573 e. The van der Waals surface area contributed by atoms with Crippen LogP contribution in [-0.2, 0) is 4.79 Å². The number of fused-ring (bicyclic) bond motifs is 2. The molecule has 4 N–H and O–H groups in total. The van der Waals surface area contributed by atoms with Crippen LogP contribution in [0.5, 0.6) is 11.5 Å². The highest BCUT2D eigenvalue weighted by atomic mass is 19.4. The fourth-order valence-electron chi connectivity index (χ4n) is 3.69. The van der Waals surface area contributed by atoms with E-state index in [4.69, 9.17) is 15.6 Å². The summed E-state index contributed by atoms with van der Waals surface area (Å²) in [5, 5.41) is 19.7. The Balaban J connectivity index is 1.86. The van der Waals surface area contributed by atoms with Crippen LogP contribution in [0, 0.1) is 0 Å². The molecule has 2 atom stereocenters. The first-order chi connectivity index (χ1) is 14.1. The zero-order valence-corrected chi connectivity index (χ0v) is 15.4. The van der Waals surface area contributed by atoms with Crippen LogP contribution in [0.4, 0.5) is 13.2 Å². The number of aliphatic hydroxyl groups is 1. The topological polar surface area (TPSA) is 107 Å². The van der Waals surface area contributed by atoms with Gasteiger partial charge < -0.3 is 30.0 Å². The van der Waals surface area contributed by atoms with Crippen LogP contribution in [-0.4, -0.2) is 33.7 Å². The molecule has 1 aliphatic rings. The number of alkyl halides is 3. The number of nitrogens with zero attached hydrogens (tertiary/aromatic N) is 1. The van der Waals surface area contributed by atoms with Crippen LogP contribution in [0.2, 0.25) is 0 Å². The third kappa shape index (κ3) is 3.79. The zero-order chi connectivity index (χ0) is 21.6. The second-order valence-electron chi connectivity index (χ2n) is 6.95. The molecule has 0 fully saturated rings. The Morgan fingerprint density at radius 2 is 2.03 bits per heavy atom. The number of benzene rings is 2. The molecule has 2 aromatic carbocycles. The number of aliphatic carboxylic acids is 1. The smallest absolute Gasteiger partial charge is 0.493 e. The van der Waals surface area contributed by atoms with Gasteiger partial charge in [0.2, 0.25) is 0 Å². The van der Waals surface area contributed by atoms with Gasteiger partial charge in [-0.15, -0.1) is 13.2 Å². The minimum Gasteiger partial charge on any atom is -0.493 e. The molecule has 10 heteroatoms. The fraction of sp³-hybridized carbons (Fsp3) is 0.250. The molecule has 2 unspecified atom stereocenters. The molecule has 158 valence electrons. The average molecular weight is 422 g/mol. The highest BCUT2D eigenvalue weighted by Crippen LogP contribution is 2.39. The van der Waals surface area contributed by atoms with Gasteiger partial charge >= 0.3 is 12.3 Å². The molecule has 0 spiro atoms. The molecule has 0 aliphatic carbocycles. The molecule has 0 saturated carbocycles. The molecule has 3 aromatic rings. The van der Waals surface area contributed by atoms with Crippen molar-refractivity contribution in [3.63, 3.8) is 0 Å². The predicted molar refractivity (Wildman–Crippen MR) is 99.6 cm³/mol. The van der Waals surface area contributed by atoms with Crippen LogP contribution in [0.15, 0.2) is 42.5 Å². The number of rotatable bonds is 5. The number of carbonyl (C=O) groups is 1. The molecular weight excluding hydrogens is 405 g/mol. The summed E-state index contributed by atoms with van der Waals surface area (Å²) < 4.78 is 49.0. The van der Waals surface area contributed by atoms with Crippen LogP contribution in [0.25, 0.3) is 16.6 Å². The number of halogens is 3. The summed E-state index contributed by atoms with van der Waals surface area (Å²) >= 11 is 0. The van der Waals surface area contributed by atoms with Crippen LogP contribution >= 0.6 is 0 Å². The van der Waals surface area contributed by atoms with Gasteiger partial charge in [-0.3, -0.25) is 4.79 Å². The minimum atomic E-state index is -4.85. The van der Waals surface area contributed by atoms with Gasteiger partial charge in [-0.25, -0.2) is 0 Å². The van der Waals surface area contributed by atoms with E-state index in [9.17, 15) is 23.1 Å².